The largest absolute Gasteiger partial charge is 0.322 e. The Bertz CT molecular complexity index is 703. The van der Waals surface area contributed by atoms with Crippen LogP contribution in [0, 0.1) is 30.9 Å². The van der Waals surface area contributed by atoms with E-state index in [0.29, 0.717) is 16.8 Å². The maximum atomic E-state index is 12.2. The number of nitrogens with zero attached hydrogens (tertiary/aromatic N) is 1. The van der Waals surface area contributed by atoms with E-state index < -0.39 is 4.92 Å². The van der Waals surface area contributed by atoms with E-state index in [1.807, 2.05) is 19.9 Å². The summed E-state index contributed by atoms with van der Waals surface area (Å²) in [6, 6.07) is 10.2. The third-order valence-corrected chi connectivity index (χ3v) is 3.15. The van der Waals surface area contributed by atoms with E-state index in [2.05, 4.69) is 5.32 Å². The zero-order valence-electron chi connectivity index (χ0n) is 12.1. The number of nitrogens with one attached hydrogen (secondary N) is 1. The lowest BCUT2D eigenvalue weighted by molar-refractivity contribution is -0.385. The first-order valence-electron chi connectivity index (χ1n) is 6.51. The van der Waals surface area contributed by atoms with Crippen LogP contribution >= 0.6 is 0 Å². The molecule has 0 atom stereocenters. The number of benzene rings is 2. The van der Waals surface area contributed by atoms with Crippen LogP contribution in [0.2, 0.25) is 0 Å². The van der Waals surface area contributed by atoms with Crippen molar-refractivity contribution in [3.05, 3.63) is 68.8 Å². The van der Waals surface area contributed by atoms with Crippen LogP contribution in [-0.2, 0) is 0 Å². The molecular formula is C16H16N2O3. The highest BCUT2D eigenvalue weighted by atomic mass is 16.6. The minimum absolute atomic E-state index is 0.00628. The summed E-state index contributed by atoms with van der Waals surface area (Å²) in [5.41, 5.74) is 3.50. The van der Waals surface area contributed by atoms with Gasteiger partial charge in [-0.05, 0) is 39.0 Å². The van der Waals surface area contributed by atoms with Crippen LogP contribution in [0.25, 0.3) is 0 Å². The van der Waals surface area contributed by atoms with E-state index in [0.717, 1.165) is 11.1 Å². The van der Waals surface area contributed by atoms with Crippen molar-refractivity contribution in [3.8, 4) is 0 Å². The van der Waals surface area contributed by atoms with Crippen LogP contribution in [0.15, 0.2) is 36.4 Å². The molecule has 0 aliphatic heterocycles. The van der Waals surface area contributed by atoms with Gasteiger partial charge in [0, 0.05) is 22.9 Å². The molecule has 0 aliphatic rings. The Labute approximate surface area is 122 Å². The molecule has 5 nitrogen and oxygen atoms in total. The maximum Gasteiger partial charge on any atom is 0.274 e. The molecule has 0 unspecified atom stereocenters. The van der Waals surface area contributed by atoms with Gasteiger partial charge in [-0.3, -0.25) is 14.9 Å². The van der Waals surface area contributed by atoms with Crippen molar-refractivity contribution >= 4 is 17.3 Å². The molecule has 21 heavy (non-hydrogen) atoms. The fourth-order valence-electron chi connectivity index (χ4n) is 2.19. The van der Waals surface area contributed by atoms with Gasteiger partial charge in [-0.25, -0.2) is 0 Å². The SMILES string of the molecule is Cc1cc(C)cc(C(=O)Nc2ccc(C)c([N+](=O)[O-])c2)c1. The summed E-state index contributed by atoms with van der Waals surface area (Å²) in [5, 5.41) is 13.6. The number of nitro benzene ring substituents is 1. The van der Waals surface area contributed by atoms with Gasteiger partial charge in [0.15, 0.2) is 0 Å². The standard InChI is InChI=1S/C16H16N2O3/c1-10-6-11(2)8-13(7-10)16(19)17-14-5-4-12(3)15(9-14)18(20)21/h4-9H,1-3H3,(H,17,19). The molecule has 108 valence electrons. The monoisotopic (exact) mass is 284 g/mol. The molecule has 0 saturated carbocycles. The second-order valence-corrected chi connectivity index (χ2v) is 5.09. The van der Waals surface area contributed by atoms with E-state index in [-0.39, 0.29) is 11.6 Å². The van der Waals surface area contributed by atoms with Gasteiger partial charge in [0.1, 0.15) is 0 Å². The number of anilines is 1. The van der Waals surface area contributed by atoms with Crippen molar-refractivity contribution < 1.29 is 9.72 Å². The average molecular weight is 284 g/mol. The fraction of sp³-hybridized carbons (Fsp3) is 0.188. The highest BCUT2D eigenvalue weighted by Crippen LogP contribution is 2.23. The van der Waals surface area contributed by atoms with E-state index in [1.54, 1.807) is 31.2 Å². The molecular weight excluding hydrogens is 268 g/mol. The molecule has 1 amide bonds. The summed E-state index contributed by atoms with van der Waals surface area (Å²) in [7, 11) is 0. The Kier molecular flexibility index (Phi) is 4.03. The zero-order valence-corrected chi connectivity index (χ0v) is 12.1. The summed E-state index contributed by atoms with van der Waals surface area (Å²) in [5.74, 6) is -0.278. The van der Waals surface area contributed by atoms with Crippen LogP contribution < -0.4 is 5.32 Å². The molecule has 2 aromatic carbocycles. The Morgan fingerprint density at radius 1 is 1.05 bits per heavy atom. The van der Waals surface area contributed by atoms with Gasteiger partial charge in [0.2, 0.25) is 0 Å². The molecule has 0 spiro atoms. The number of aryl methyl sites for hydroxylation is 3. The topological polar surface area (TPSA) is 72.2 Å². The quantitative estimate of drug-likeness (QED) is 0.688. The van der Waals surface area contributed by atoms with E-state index in [4.69, 9.17) is 0 Å². The molecule has 0 aromatic heterocycles. The predicted molar refractivity (Wildman–Crippen MR) is 81.7 cm³/mol. The first-order valence-corrected chi connectivity index (χ1v) is 6.51. The summed E-state index contributed by atoms with van der Waals surface area (Å²) >= 11 is 0. The van der Waals surface area contributed by atoms with Crippen molar-refractivity contribution in [2.24, 2.45) is 0 Å². The molecule has 0 bridgehead atoms. The van der Waals surface area contributed by atoms with Crippen LogP contribution in [-0.4, -0.2) is 10.8 Å². The number of hydrogen-bond acceptors (Lipinski definition) is 3. The normalized spacial score (nSPS) is 10.2. The number of hydrogen-bond donors (Lipinski definition) is 1. The molecule has 0 saturated heterocycles. The van der Waals surface area contributed by atoms with Crippen molar-refractivity contribution in [2.45, 2.75) is 20.8 Å². The lowest BCUT2D eigenvalue weighted by Gasteiger charge is -2.08. The molecule has 0 aliphatic carbocycles. The number of rotatable bonds is 3. The van der Waals surface area contributed by atoms with Gasteiger partial charge < -0.3 is 5.32 Å². The molecule has 2 rings (SSSR count). The van der Waals surface area contributed by atoms with E-state index in [1.165, 1.54) is 6.07 Å². The molecule has 5 heteroatoms. The Morgan fingerprint density at radius 2 is 1.67 bits per heavy atom. The van der Waals surface area contributed by atoms with Crippen LogP contribution in [0.5, 0.6) is 0 Å². The molecule has 1 N–H and O–H groups in total. The summed E-state index contributed by atoms with van der Waals surface area (Å²) < 4.78 is 0. The minimum Gasteiger partial charge on any atom is -0.322 e. The van der Waals surface area contributed by atoms with Gasteiger partial charge in [-0.15, -0.1) is 0 Å². The highest BCUT2D eigenvalue weighted by molar-refractivity contribution is 6.04. The van der Waals surface area contributed by atoms with Crippen molar-refractivity contribution in [3.63, 3.8) is 0 Å². The molecule has 0 radical (unpaired) electrons. The number of amides is 1. The van der Waals surface area contributed by atoms with E-state index in [9.17, 15) is 14.9 Å². The maximum absolute atomic E-state index is 12.2. The summed E-state index contributed by atoms with van der Waals surface area (Å²) in [4.78, 5) is 22.7. The van der Waals surface area contributed by atoms with E-state index >= 15 is 0 Å². The van der Waals surface area contributed by atoms with Crippen molar-refractivity contribution in [1.29, 1.82) is 0 Å². The second kappa shape index (κ2) is 5.75. The molecule has 0 fully saturated rings. The lowest BCUT2D eigenvalue weighted by Crippen LogP contribution is -2.12. The van der Waals surface area contributed by atoms with Crippen molar-refractivity contribution in [2.75, 3.05) is 5.32 Å². The Morgan fingerprint density at radius 3 is 2.24 bits per heavy atom. The van der Waals surface area contributed by atoms with Gasteiger partial charge in [0.05, 0.1) is 4.92 Å². The van der Waals surface area contributed by atoms with Crippen LogP contribution in [0.1, 0.15) is 27.0 Å². The first-order chi connectivity index (χ1) is 9.86. The Balaban J connectivity index is 2.27. The smallest absolute Gasteiger partial charge is 0.274 e. The predicted octanol–water partition coefficient (Wildman–Crippen LogP) is 3.77. The first kappa shape index (κ1) is 14.7. The summed E-state index contributed by atoms with van der Waals surface area (Å²) in [6.45, 7) is 5.49. The van der Waals surface area contributed by atoms with Gasteiger partial charge in [0.25, 0.3) is 11.6 Å². The second-order valence-electron chi connectivity index (χ2n) is 5.09. The summed E-state index contributed by atoms with van der Waals surface area (Å²) in [6.07, 6.45) is 0. The van der Waals surface area contributed by atoms with Crippen LogP contribution in [0.4, 0.5) is 11.4 Å². The van der Waals surface area contributed by atoms with Crippen molar-refractivity contribution in [1.82, 2.24) is 0 Å². The fourth-order valence-corrected chi connectivity index (χ4v) is 2.19. The molecule has 2 aromatic rings. The number of carbonyl (C=O) groups is 1. The van der Waals surface area contributed by atoms with Crippen LogP contribution in [0.3, 0.4) is 0 Å². The molecule has 0 heterocycles. The number of carbonyl (C=O) groups excluding carboxylic acids is 1. The van der Waals surface area contributed by atoms with Gasteiger partial charge in [-0.2, -0.15) is 0 Å². The van der Waals surface area contributed by atoms with Gasteiger partial charge >= 0.3 is 0 Å². The highest BCUT2D eigenvalue weighted by Gasteiger charge is 2.13. The Hall–Kier alpha value is -2.69. The zero-order chi connectivity index (χ0) is 15.6. The number of nitro groups is 1. The minimum atomic E-state index is -0.457. The third kappa shape index (κ3) is 3.45. The average Bonchev–Trinajstić information content (AvgIpc) is 2.39. The third-order valence-electron chi connectivity index (χ3n) is 3.15. The lowest BCUT2D eigenvalue weighted by atomic mass is 10.1. The van der Waals surface area contributed by atoms with Gasteiger partial charge in [-0.1, -0.05) is 23.3 Å².